The molecular formula is C13H22N4O2. The van der Waals surface area contributed by atoms with Crippen LogP contribution >= 0.6 is 0 Å². The smallest absolute Gasteiger partial charge is 0.272 e. The zero-order valence-electron chi connectivity index (χ0n) is 11.6. The Balaban J connectivity index is 2.25. The molecular weight excluding hydrogens is 244 g/mol. The summed E-state index contributed by atoms with van der Waals surface area (Å²) in [6.07, 6.45) is 3.69. The molecule has 1 aliphatic carbocycles. The highest BCUT2D eigenvalue weighted by molar-refractivity contribution is 5.98. The predicted octanol–water partition coefficient (Wildman–Crippen LogP) is 0.829. The Labute approximate surface area is 113 Å². The number of aryl methyl sites for hydroxylation is 2. The molecule has 0 atom stereocenters. The van der Waals surface area contributed by atoms with E-state index in [1.807, 2.05) is 6.92 Å². The van der Waals surface area contributed by atoms with Crippen LogP contribution in [0.5, 0.6) is 0 Å². The van der Waals surface area contributed by atoms with Gasteiger partial charge in [-0.1, -0.05) is 12.8 Å². The molecule has 0 spiro atoms. The first-order valence-corrected chi connectivity index (χ1v) is 6.79. The summed E-state index contributed by atoms with van der Waals surface area (Å²) in [5.41, 5.74) is 6.93. The largest absolute Gasteiger partial charge is 0.395 e. The second-order valence-electron chi connectivity index (χ2n) is 5.26. The summed E-state index contributed by atoms with van der Waals surface area (Å²) in [6.45, 7) is 4.26. The van der Waals surface area contributed by atoms with E-state index >= 15 is 0 Å². The second kappa shape index (κ2) is 5.21. The molecule has 1 saturated carbocycles. The number of nitrogens with two attached hydrogens (primary N) is 1. The van der Waals surface area contributed by atoms with Gasteiger partial charge in [0.15, 0.2) is 0 Å². The van der Waals surface area contributed by atoms with Crippen LogP contribution in [0, 0.1) is 6.92 Å². The maximum absolute atomic E-state index is 12.4. The van der Waals surface area contributed by atoms with E-state index in [4.69, 9.17) is 5.73 Å². The summed E-state index contributed by atoms with van der Waals surface area (Å²) in [5, 5.41) is 16.7. The van der Waals surface area contributed by atoms with E-state index in [9.17, 15) is 9.90 Å². The van der Waals surface area contributed by atoms with Gasteiger partial charge >= 0.3 is 0 Å². The highest BCUT2D eigenvalue weighted by Gasteiger charge is 2.36. The molecule has 1 aromatic rings. The molecule has 19 heavy (non-hydrogen) atoms. The minimum Gasteiger partial charge on any atom is -0.395 e. The minimum absolute atomic E-state index is 0.0299. The Hall–Kier alpha value is -1.56. The van der Waals surface area contributed by atoms with E-state index in [1.54, 1.807) is 11.6 Å². The monoisotopic (exact) mass is 266 g/mol. The molecule has 0 unspecified atom stereocenters. The average Bonchev–Trinajstić information content (AvgIpc) is 2.96. The van der Waals surface area contributed by atoms with Crippen molar-refractivity contribution in [1.29, 1.82) is 0 Å². The van der Waals surface area contributed by atoms with Crippen molar-refractivity contribution in [2.75, 3.05) is 12.3 Å². The van der Waals surface area contributed by atoms with Gasteiger partial charge in [0.1, 0.15) is 5.69 Å². The van der Waals surface area contributed by atoms with E-state index in [0.717, 1.165) is 25.7 Å². The lowest BCUT2D eigenvalue weighted by molar-refractivity contribution is 0.0828. The number of aliphatic hydroxyl groups excluding tert-OH is 1. The van der Waals surface area contributed by atoms with E-state index < -0.39 is 5.54 Å². The number of nitrogens with one attached hydrogen (secondary N) is 1. The number of carbonyl (C=O) groups excluding carboxylic acids is 1. The van der Waals surface area contributed by atoms with Crippen LogP contribution in [0.1, 0.15) is 48.8 Å². The van der Waals surface area contributed by atoms with Crippen molar-refractivity contribution in [3.8, 4) is 0 Å². The summed E-state index contributed by atoms with van der Waals surface area (Å²) in [5.74, 6) is -0.240. The predicted molar refractivity (Wildman–Crippen MR) is 72.8 cm³/mol. The number of anilines is 1. The van der Waals surface area contributed by atoms with Crippen molar-refractivity contribution < 1.29 is 9.90 Å². The number of amides is 1. The van der Waals surface area contributed by atoms with Gasteiger partial charge in [-0.15, -0.1) is 0 Å². The number of hydrogen-bond donors (Lipinski definition) is 3. The third-order valence-corrected chi connectivity index (χ3v) is 3.93. The number of nitrogens with zero attached hydrogens (tertiary/aromatic N) is 2. The first-order valence-electron chi connectivity index (χ1n) is 6.79. The number of carbonyl (C=O) groups is 1. The van der Waals surface area contributed by atoms with E-state index in [2.05, 4.69) is 10.4 Å². The Kier molecular flexibility index (Phi) is 3.80. The summed E-state index contributed by atoms with van der Waals surface area (Å²) >= 11 is 0. The zero-order chi connectivity index (χ0) is 14.0. The molecule has 0 saturated heterocycles. The maximum Gasteiger partial charge on any atom is 0.272 e. The van der Waals surface area contributed by atoms with Gasteiger partial charge in [0, 0.05) is 6.54 Å². The van der Waals surface area contributed by atoms with Crippen LogP contribution in [0.15, 0.2) is 0 Å². The molecule has 6 heteroatoms. The normalized spacial score (nSPS) is 17.6. The Bertz CT molecular complexity index is 475. The number of aliphatic hydroxyl groups is 1. The van der Waals surface area contributed by atoms with Gasteiger partial charge in [-0.2, -0.15) is 5.10 Å². The topological polar surface area (TPSA) is 93.2 Å². The van der Waals surface area contributed by atoms with E-state index in [1.165, 1.54) is 0 Å². The molecule has 1 aromatic heterocycles. The van der Waals surface area contributed by atoms with Crippen LogP contribution in [-0.2, 0) is 6.54 Å². The quantitative estimate of drug-likeness (QED) is 0.752. The van der Waals surface area contributed by atoms with Crippen LogP contribution in [0.2, 0.25) is 0 Å². The molecule has 1 aliphatic rings. The molecule has 6 nitrogen and oxygen atoms in total. The SMILES string of the molecule is CCn1nc(C)c(N)c1C(=O)NC1(CO)CCCC1. The lowest BCUT2D eigenvalue weighted by Crippen LogP contribution is -2.49. The van der Waals surface area contributed by atoms with Gasteiger partial charge in [0.25, 0.3) is 5.91 Å². The Morgan fingerprint density at radius 1 is 1.53 bits per heavy atom. The lowest BCUT2D eigenvalue weighted by atomic mass is 9.98. The molecule has 1 fully saturated rings. The molecule has 1 heterocycles. The van der Waals surface area contributed by atoms with Crippen molar-refractivity contribution in [2.24, 2.45) is 0 Å². The minimum atomic E-state index is -0.486. The first-order chi connectivity index (χ1) is 9.03. The Morgan fingerprint density at radius 3 is 2.68 bits per heavy atom. The summed E-state index contributed by atoms with van der Waals surface area (Å²) < 4.78 is 1.61. The molecule has 106 valence electrons. The molecule has 2 rings (SSSR count). The van der Waals surface area contributed by atoms with Gasteiger partial charge in [0.05, 0.1) is 23.5 Å². The molecule has 1 amide bonds. The maximum atomic E-state index is 12.4. The fourth-order valence-electron chi connectivity index (χ4n) is 2.74. The van der Waals surface area contributed by atoms with Gasteiger partial charge in [-0.05, 0) is 26.7 Å². The number of nitrogen functional groups attached to an aromatic ring is 1. The Morgan fingerprint density at radius 2 is 2.16 bits per heavy atom. The van der Waals surface area contributed by atoms with Crippen molar-refractivity contribution >= 4 is 11.6 Å². The molecule has 0 aliphatic heterocycles. The van der Waals surface area contributed by atoms with Gasteiger partial charge in [-0.25, -0.2) is 0 Å². The molecule has 0 aromatic carbocycles. The van der Waals surface area contributed by atoms with Crippen molar-refractivity contribution in [1.82, 2.24) is 15.1 Å². The summed E-state index contributed by atoms with van der Waals surface area (Å²) in [7, 11) is 0. The van der Waals surface area contributed by atoms with Crippen LogP contribution in [0.25, 0.3) is 0 Å². The highest BCUT2D eigenvalue weighted by Crippen LogP contribution is 2.30. The first kappa shape index (κ1) is 13.9. The number of rotatable bonds is 4. The summed E-state index contributed by atoms with van der Waals surface area (Å²) in [6, 6.07) is 0. The van der Waals surface area contributed by atoms with Crippen LogP contribution in [-0.4, -0.2) is 32.9 Å². The van der Waals surface area contributed by atoms with Gasteiger partial charge in [-0.3, -0.25) is 9.48 Å². The third kappa shape index (κ3) is 2.45. The van der Waals surface area contributed by atoms with Gasteiger partial charge in [0.2, 0.25) is 0 Å². The fraction of sp³-hybridized carbons (Fsp3) is 0.692. The number of aromatic nitrogens is 2. The molecule has 0 bridgehead atoms. The van der Waals surface area contributed by atoms with Gasteiger partial charge < -0.3 is 16.2 Å². The number of hydrogen-bond acceptors (Lipinski definition) is 4. The van der Waals surface area contributed by atoms with E-state index in [-0.39, 0.29) is 12.5 Å². The highest BCUT2D eigenvalue weighted by atomic mass is 16.3. The summed E-state index contributed by atoms with van der Waals surface area (Å²) in [4.78, 5) is 12.4. The lowest BCUT2D eigenvalue weighted by Gasteiger charge is -2.28. The van der Waals surface area contributed by atoms with Crippen LogP contribution < -0.4 is 11.1 Å². The van der Waals surface area contributed by atoms with Crippen LogP contribution in [0.4, 0.5) is 5.69 Å². The van der Waals surface area contributed by atoms with Crippen molar-refractivity contribution in [3.05, 3.63) is 11.4 Å². The van der Waals surface area contributed by atoms with Crippen LogP contribution in [0.3, 0.4) is 0 Å². The molecule has 4 N–H and O–H groups in total. The zero-order valence-corrected chi connectivity index (χ0v) is 11.6. The average molecular weight is 266 g/mol. The van der Waals surface area contributed by atoms with Crippen molar-refractivity contribution in [2.45, 2.75) is 51.6 Å². The molecule has 0 radical (unpaired) electrons. The van der Waals surface area contributed by atoms with E-state index in [0.29, 0.717) is 23.6 Å². The van der Waals surface area contributed by atoms with Crippen molar-refractivity contribution in [3.63, 3.8) is 0 Å². The fourth-order valence-corrected chi connectivity index (χ4v) is 2.74. The third-order valence-electron chi connectivity index (χ3n) is 3.93. The second-order valence-corrected chi connectivity index (χ2v) is 5.26. The standard InChI is InChI=1S/C13H22N4O2/c1-3-17-11(10(14)9(2)16-17)12(19)15-13(8-18)6-4-5-7-13/h18H,3-8,14H2,1-2H3,(H,15,19).